The highest BCUT2D eigenvalue weighted by atomic mass is 16.4. The monoisotopic (exact) mass is 305 g/mol. The van der Waals surface area contributed by atoms with E-state index in [0.717, 1.165) is 11.3 Å². The fraction of sp³-hybridized carbons (Fsp3) is 0.400. The lowest BCUT2D eigenvalue weighted by Gasteiger charge is -2.28. The maximum Gasteiger partial charge on any atom is 0.319 e. The summed E-state index contributed by atoms with van der Waals surface area (Å²) in [6, 6.07) is 4.96. The highest BCUT2D eigenvalue weighted by molar-refractivity contribution is 5.97. The van der Waals surface area contributed by atoms with Crippen LogP contribution < -0.4 is 15.5 Å². The van der Waals surface area contributed by atoms with Crippen molar-refractivity contribution >= 4 is 29.3 Å². The maximum atomic E-state index is 11.8. The van der Waals surface area contributed by atoms with Gasteiger partial charge in [-0.25, -0.2) is 4.79 Å². The zero-order chi connectivity index (χ0) is 16.1. The largest absolute Gasteiger partial charge is 0.481 e. The van der Waals surface area contributed by atoms with E-state index in [-0.39, 0.29) is 18.9 Å². The van der Waals surface area contributed by atoms with E-state index in [0.29, 0.717) is 25.1 Å². The van der Waals surface area contributed by atoms with Crippen LogP contribution in [0.5, 0.6) is 0 Å². The molecule has 0 bridgehead atoms. The van der Waals surface area contributed by atoms with Crippen LogP contribution in [0.1, 0.15) is 25.3 Å². The minimum absolute atomic E-state index is 0.0736. The number of aliphatic carboxylic acids is 1. The van der Waals surface area contributed by atoms with Gasteiger partial charge in [0.25, 0.3) is 0 Å². The first kappa shape index (κ1) is 15.8. The second-order valence-electron chi connectivity index (χ2n) is 5.01. The van der Waals surface area contributed by atoms with Crippen molar-refractivity contribution in [3.8, 4) is 0 Å². The molecule has 0 aliphatic carbocycles. The van der Waals surface area contributed by atoms with Gasteiger partial charge in [0.15, 0.2) is 0 Å². The number of carbonyl (C=O) groups is 3. The summed E-state index contributed by atoms with van der Waals surface area (Å²) in [6.07, 6.45) is 1.00. The molecule has 3 N–H and O–H groups in total. The van der Waals surface area contributed by atoms with Crippen LogP contribution in [-0.2, 0) is 16.0 Å². The van der Waals surface area contributed by atoms with E-state index < -0.39 is 12.0 Å². The molecule has 0 radical (unpaired) electrons. The Bertz CT molecular complexity index is 600. The fourth-order valence-electron chi connectivity index (χ4n) is 2.44. The summed E-state index contributed by atoms with van der Waals surface area (Å²) in [4.78, 5) is 35.6. The number of fused-ring (bicyclic) bond motifs is 1. The van der Waals surface area contributed by atoms with Gasteiger partial charge in [-0.1, -0.05) is 0 Å². The molecule has 1 heterocycles. The lowest BCUT2D eigenvalue weighted by atomic mass is 10.0. The normalized spacial score (nSPS) is 13.5. The number of rotatable bonds is 5. The summed E-state index contributed by atoms with van der Waals surface area (Å²) in [6.45, 7) is 2.62. The third-order valence-corrected chi connectivity index (χ3v) is 3.48. The van der Waals surface area contributed by atoms with Gasteiger partial charge in [0.05, 0.1) is 6.42 Å². The first-order valence-corrected chi connectivity index (χ1v) is 7.21. The van der Waals surface area contributed by atoms with Crippen molar-refractivity contribution in [3.05, 3.63) is 23.8 Å². The second kappa shape index (κ2) is 6.93. The molecule has 1 aliphatic rings. The average Bonchev–Trinajstić information content (AvgIpc) is 2.47. The molecule has 1 aromatic carbocycles. The Labute approximate surface area is 128 Å². The molecule has 0 spiro atoms. The fourth-order valence-corrected chi connectivity index (χ4v) is 2.44. The van der Waals surface area contributed by atoms with Crippen LogP contribution >= 0.6 is 0 Å². The van der Waals surface area contributed by atoms with Crippen LogP contribution in [-0.4, -0.2) is 36.1 Å². The lowest BCUT2D eigenvalue weighted by molar-refractivity contribution is -0.136. The Kier molecular flexibility index (Phi) is 4.98. The lowest BCUT2D eigenvalue weighted by Crippen LogP contribution is -2.35. The van der Waals surface area contributed by atoms with Crippen LogP contribution in [0.15, 0.2) is 18.2 Å². The number of aryl methyl sites for hydroxylation is 1. The zero-order valence-corrected chi connectivity index (χ0v) is 12.4. The number of carboxylic acid groups (broad SMARTS) is 1. The van der Waals surface area contributed by atoms with Gasteiger partial charge in [-0.3, -0.25) is 9.59 Å². The number of nitrogens with one attached hydrogen (secondary N) is 2. The summed E-state index contributed by atoms with van der Waals surface area (Å²) < 4.78 is 0. The van der Waals surface area contributed by atoms with Crippen LogP contribution in [0.3, 0.4) is 0 Å². The summed E-state index contributed by atoms with van der Waals surface area (Å²) in [7, 11) is 0. The highest BCUT2D eigenvalue weighted by Gasteiger charge is 2.22. The predicted molar refractivity (Wildman–Crippen MR) is 82.1 cm³/mol. The SMILES string of the molecule is CCN1C(=O)CCc2cc(NC(=O)NCCC(=O)O)ccc21. The van der Waals surface area contributed by atoms with E-state index in [1.165, 1.54) is 0 Å². The summed E-state index contributed by atoms with van der Waals surface area (Å²) in [5, 5.41) is 13.7. The number of nitrogens with zero attached hydrogens (tertiary/aromatic N) is 1. The first-order chi connectivity index (χ1) is 10.5. The molecule has 0 saturated heterocycles. The zero-order valence-electron chi connectivity index (χ0n) is 12.4. The molecule has 0 atom stereocenters. The number of anilines is 2. The predicted octanol–water partition coefficient (Wildman–Crippen LogP) is 1.58. The quantitative estimate of drug-likeness (QED) is 0.769. The molecule has 1 aromatic rings. The van der Waals surface area contributed by atoms with Gasteiger partial charge >= 0.3 is 12.0 Å². The minimum atomic E-state index is -0.960. The van der Waals surface area contributed by atoms with E-state index in [1.807, 2.05) is 19.1 Å². The van der Waals surface area contributed by atoms with Crippen molar-refractivity contribution in [2.24, 2.45) is 0 Å². The van der Waals surface area contributed by atoms with Gasteiger partial charge in [0.1, 0.15) is 0 Å². The van der Waals surface area contributed by atoms with Crippen LogP contribution in [0.25, 0.3) is 0 Å². The summed E-state index contributed by atoms with van der Waals surface area (Å²) in [5.74, 6) is -0.847. The standard InChI is InChI=1S/C15H19N3O4/c1-2-18-12-5-4-11(9-10(12)3-6-13(18)19)17-15(22)16-8-7-14(20)21/h4-5,9H,2-3,6-8H2,1H3,(H,20,21)(H2,16,17,22). The van der Waals surface area contributed by atoms with E-state index in [4.69, 9.17) is 5.11 Å². The van der Waals surface area contributed by atoms with Gasteiger partial charge in [-0.2, -0.15) is 0 Å². The number of carbonyl (C=O) groups excluding carboxylic acids is 2. The van der Waals surface area contributed by atoms with Gasteiger partial charge in [0.2, 0.25) is 5.91 Å². The Balaban J connectivity index is 2.01. The maximum absolute atomic E-state index is 11.8. The highest BCUT2D eigenvalue weighted by Crippen LogP contribution is 2.30. The number of amides is 3. The molecule has 7 heteroatoms. The number of hydrogen-bond acceptors (Lipinski definition) is 3. The Hall–Kier alpha value is -2.57. The van der Waals surface area contributed by atoms with Crippen molar-refractivity contribution in [2.75, 3.05) is 23.3 Å². The Morgan fingerprint density at radius 1 is 1.32 bits per heavy atom. The van der Waals surface area contributed by atoms with Crippen LogP contribution in [0.2, 0.25) is 0 Å². The molecule has 1 aliphatic heterocycles. The first-order valence-electron chi connectivity index (χ1n) is 7.21. The smallest absolute Gasteiger partial charge is 0.319 e. The molecular weight excluding hydrogens is 286 g/mol. The molecular formula is C15H19N3O4. The number of benzene rings is 1. The molecule has 0 saturated carbocycles. The second-order valence-corrected chi connectivity index (χ2v) is 5.01. The van der Waals surface area contributed by atoms with Gasteiger partial charge in [-0.15, -0.1) is 0 Å². The molecule has 7 nitrogen and oxygen atoms in total. The topological polar surface area (TPSA) is 98.7 Å². The van der Waals surface area contributed by atoms with Crippen molar-refractivity contribution in [1.82, 2.24) is 5.32 Å². The van der Waals surface area contributed by atoms with Gasteiger partial charge in [-0.05, 0) is 37.1 Å². The average molecular weight is 305 g/mol. The molecule has 0 fully saturated rings. The van der Waals surface area contributed by atoms with Gasteiger partial charge in [0, 0.05) is 30.9 Å². The molecule has 0 unspecified atom stereocenters. The number of hydrogen-bond donors (Lipinski definition) is 3. The van der Waals surface area contributed by atoms with Crippen molar-refractivity contribution < 1.29 is 19.5 Å². The third-order valence-electron chi connectivity index (χ3n) is 3.48. The van der Waals surface area contributed by atoms with E-state index in [2.05, 4.69) is 10.6 Å². The molecule has 2 rings (SSSR count). The van der Waals surface area contributed by atoms with E-state index in [9.17, 15) is 14.4 Å². The molecule has 0 aromatic heterocycles. The molecule has 3 amide bonds. The van der Waals surface area contributed by atoms with Crippen molar-refractivity contribution in [2.45, 2.75) is 26.2 Å². The van der Waals surface area contributed by atoms with E-state index >= 15 is 0 Å². The third kappa shape index (κ3) is 3.75. The van der Waals surface area contributed by atoms with Crippen LogP contribution in [0.4, 0.5) is 16.2 Å². The Morgan fingerprint density at radius 2 is 2.09 bits per heavy atom. The minimum Gasteiger partial charge on any atom is -0.481 e. The van der Waals surface area contributed by atoms with Crippen molar-refractivity contribution in [3.63, 3.8) is 0 Å². The summed E-state index contributed by atoms with van der Waals surface area (Å²) >= 11 is 0. The number of urea groups is 1. The molecule has 22 heavy (non-hydrogen) atoms. The van der Waals surface area contributed by atoms with Crippen LogP contribution in [0, 0.1) is 0 Å². The van der Waals surface area contributed by atoms with E-state index in [1.54, 1.807) is 11.0 Å². The van der Waals surface area contributed by atoms with Crippen molar-refractivity contribution in [1.29, 1.82) is 0 Å². The Morgan fingerprint density at radius 3 is 2.77 bits per heavy atom. The summed E-state index contributed by atoms with van der Waals surface area (Å²) in [5.41, 5.74) is 2.53. The molecule has 118 valence electrons. The van der Waals surface area contributed by atoms with Gasteiger partial charge < -0.3 is 20.6 Å². The number of carboxylic acids is 1.